The maximum Gasteiger partial charge on any atom is 0.260 e. The Kier molecular flexibility index (Phi) is 3.09. The maximum atomic E-state index is 12.4. The van der Waals surface area contributed by atoms with Crippen molar-refractivity contribution < 1.29 is 9.59 Å². The molecule has 0 spiro atoms. The molecule has 5 heteroatoms. The van der Waals surface area contributed by atoms with Gasteiger partial charge in [0.1, 0.15) is 11.6 Å². The Morgan fingerprint density at radius 3 is 2.53 bits per heavy atom. The fraction of sp³-hybridized carbons (Fsp3) is 0.214. The van der Waals surface area contributed by atoms with Crippen LogP contribution in [0, 0.1) is 11.3 Å². The van der Waals surface area contributed by atoms with Gasteiger partial charge in [-0.2, -0.15) is 5.26 Å². The molecule has 1 aromatic carbocycles. The molecule has 1 heterocycles. The molecule has 0 radical (unpaired) electrons. The number of carbonyl (C=O) groups is 2. The number of hydrogen-bond donors (Lipinski definition) is 1. The minimum absolute atomic E-state index is 0.0704. The Bertz CT molecular complexity index is 638. The molecular weight excluding hydrogens is 242 g/mol. The van der Waals surface area contributed by atoms with E-state index in [1.54, 1.807) is 35.2 Å². The molecule has 0 saturated heterocycles. The maximum absolute atomic E-state index is 12.4. The predicted octanol–water partition coefficient (Wildman–Crippen LogP) is 1.20. The van der Waals surface area contributed by atoms with Crippen molar-refractivity contribution in [3.63, 3.8) is 0 Å². The first-order chi connectivity index (χ1) is 8.99. The van der Waals surface area contributed by atoms with Gasteiger partial charge in [-0.3, -0.25) is 9.59 Å². The number of benzene rings is 1. The topological polar surface area (TPSA) is 87.2 Å². The number of para-hydroxylation sites is 1. The van der Waals surface area contributed by atoms with Crippen molar-refractivity contribution in [2.75, 3.05) is 4.90 Å². The van der Waals surface area contributed by atoms with E-state index in [0.717, 1.165) is 0 Å². The van der Waals surface area contributed by atoms with Crippen LogP contribution in [0.2, 0.25) is 0 Å². The Morgan fingerprint density at radius 2 is 2.00 bits per heavy atom. The minimum atomic E-state index is -0.883. The van der Waals surface area contributed by atoms with Gasteiger partial charge >= 0.3 is 0 Å². The van der Waals surface area contributed by atoms with Crippen molar-refractivity contribution in [2.24, 2.45) is 5.73 Å². The van der Waals surface area contributed by atoms with Crippen molar-refractivity contribution in [2.45, 2.75) is 19.9 Å². The molecule has 0 fully saturated rings. The molecule has 0 bridgehead atoms. The zero-order chi connectivity index (χ0) is 14.2. The number of rotatable bonds is 2. The molecule has 0 aliphatic carbocycles. The lowest BCUT2D eigenvalue weighted by Crippen LogP contribution is -2.33. The van der Waals surface area contributed by atoms with Crippen LogP contribution in [0.1, 0.15) is 19.4 Å². The molecule has 0 unspecified atom stereocenters. The van der Waals surface area contributed by atoms with Gasteiger partial charge in [-0.25, -0.2) is 0 Å². The second-order valence-electron chi connectivity index (χ2n) is 4.51. The van der Waals surface area contributed by atoms with Gasteiger partial charge in [0, 0.05) is 11.6 Å². The lowest BCUT2D eigenvalue weighted by atomic mass is 10.0. The summed E-state index contributed by atoms with van der Waals surface area (Å²) in [7, 11) is 0. The number of primary amides is 1. The molecule has 0 atom stereocenters. The summed E-state index contributed by atoms with van der Waals surface area (Å²) in [6, 6.07) is 8.73. The number of hydrogen-bond acceptors (Lipinski definition) is 3. The molecule has 1 aliphatic heterocycles. The predicted molar refractivity (Wildman–Crippen MR) is 70.8 cm³/mol. The average molecular weight is 255 g/mol. The van der Waals surface area contributed by atoms with Gasteiger partial charge in [-0.1, -0.05) is 18.2 Å². The highest BCUT2D eigenvalue weighted by Crippen LogP contribution is 2.39. The van der Waals surface area contributed by atoms with Crippen LogP contribution in [0.4, 0.5) is 5.69 Å². The second kappa shape index (κ2) is 4.58. The third-order valence-electron chi connectivity index (χ3n) is 2.99. The summed E-state index contributed by atoms with van der Waals surface area (Å²) < 4.78 is 0. The van der Waals surface area contributed by atoms with E-state index >= 15 is 0 Å². The Balaban J connectivity index is 2.77. The van der Waals surface area contributed by atoms with Gasteiger partial charge < -0.3 is 10.6 Å². The van der Waals surface area contributed by atoms with Crippen molar-refractivity contribution >= 4 is 23.1 Å². The Hall–Kier alpha value is -2.61. The number of nitrogens with zero attached hydrogens (tertiary/aromatic N) is 2. The third-order valence-corrected chi connectivity index (χ3v) is 2.99. The van der Waals surface area contributed by atoms with Gasteiger partial charge in [0.2, 0.25) is 0 Å². The SMILES string of the molecule is CC(C)N1C(=O)/C(=C(\C#N)C(N)=O)c2ccccc21. The van der Waals surface area contributed by atoms with Crippen molar-refractivity contribution in [3.8, 4) is 6.07 Å². The quantitative estimate of drug-likeness (QED) is 0.636. The van der Waals surface area contributed by atoms with Crippen LogP contribution in [0.3, 0.4) is 0 Å². The third kappa shape index (κ3) is 1.87. The molecule has 1 aliphatic rings. The summed E-state index contributed by atoms with van der Waals surface area (Å²) in [4.78, 5) is 25.3. The fourth-order valence-electron chi connectivity index (χ4n) is 2.23. The first-order valence-corrected chi connectivity index (χ1v) is 5.86. The average Bonchev–Trinajstić information content (AvgIpc) is 2.63. The summed E-state index contributed by atoms with van der Waals surface area (Å²) in [5, 5.41) is 9.05. The summed E-state index contributed by atoms with van der Waals surface area (Å²) in [5.74, 6) is -1.24. The van der Waals surface area contributed by atoms with E-state index in [1.807, 2.05) is 13.8 Å². The molecular formula is C14H13N3O2. The number of carbonyl (C=O) groups excluding carboxylic acids is 2. The lowest BCUT2D eigenvalue weighted by Gasteiger charge is -2.21. The highest BCUT2D eigenvalue weighted by Gasteiger charge is 2.36. The van der Waals surface area contributed by atoms with Gasteiger partial charge in [-0.05, 0) is 19.9 Å². The largest absolute Gasteiger partial charge is 0.365 e. The summed E-state index contributed by atoms with van der Waals surface area (Å²) in [6.45, 7) is 3.74. The van der Waals surface area contributed by atoms with Crippen molar-refractivity contribution in [1.29, 1.82) is 5.26 Å². The minimum Gasteiger partial charge on any atom is -0.365 e. The van der Waals surface area contributed by atoms with Gasteiger partial charge in [0.15, 0.2) is 0 Å². The van der Waals surface area contributed by atoms with E-state index in [-0.39, 0.29) is 23.1 Å². The van der Waals surface area contributed by atoms with Crippen LogP contribution in [0.5, 0.6) is 0 Å². The summed E-state index contributed by atoms with van der Waals surface area (Å²) in [6.07, 6.45) is 0. The van der Waals surface area contributed by atoms with Gasteiger partial charge in [-0.15, -0.1) is 0 Å². The molecule has 2 N–H and O–H groups in total. The Labute approximate surface area is 110 Å². The number of nitrogens with two attached hydrogens (primary N) is 1. The van der Waals surface area contributed by atoms with Gasteiger partial charge in [0.05, 0.1) is 11.3 Å². The summed E-state index contributed by atoms with van der Waals surface area (Å²) >= 11 is 0. The van der Waals surface area contributed by atoms with E-state index in [0.29, 0.717) is 11.3 Å². The highest BCUT2D eigenvalue weighted by molar-refractivity contribution is 6.37. The normalized spacial score (nSPS) is 16.3. The molecule has 0 saturated carbocycles. The number of fused-ring (bicyclic) bond motifs is 1. The van der Waals surface area contributed by atoms with Crippen LogP contribution < -0.4 is 10.6 Å². The van der Waals surface area contributed by atoms with Crippen LogP contribution in [0.15, 0.2) is 29.8 Å². The van der Waals surface area contributed by atoms with E-state index in [4.69, 9.17) is 11.0 Å². The highest BCUT2D eigenvalue weighted by atomic mass is 16.2. The zero-order valence-electron chi connectivity index (χ0n) is 10.7. The molecule has 1 aromatic rings. The van der Waals surface area contributed by atoms with E-state index < -0.39 is 5.91 Å². The second-order valence-corrected chi connectivity index (χ2v) is 4.51. The zero-order valence-corrected chi connectivity index (χ0v) is 10.7. The number of anilines is 1. The molecule has 2 amide bonds. The van der Waals surface area contributed by atoms with Crippen LogP contribution in [-0.4, -0.2) is 17.9 Å². The first kappa shape index (κ1) is 12.8. The first-order valence-electron chi connectivity index (χ1n) is 5.86. The summed E-state index contributed by atoms with van der Waals surface area (Å²) in [5.41, 5.74) is 6.26. The number of nitriles is 1. The lowest BCUT2D eigenvalue weighted by molar-refractivity contribution is -0.115. The van der Waals surface area contributed by atoms with Gasteiger partial charge in [0.25, 0.3) is 11.8 Å². The smallest absolute Gasteiger partial charge is 0.260 e. The Morgan fingerprint density at radius 1 is 1.37 bits per heavy atom. The van der Waals surface area contributed by atoms with E-state index in [2.05, 4.69) is 0 Å². The fourth-order valence-corrected chi connectivity index (χ4v) is 2.23. The van der Waals surface area contributed by atoms with E-state index in [9.17, 15) is 9.59 Å². The molecule has 96 valence electrons. The number of amides is 2. The van der Waals surface area contributed by atoms with Crippen molar-refractivity contribution in [3.05, 3.63) is 35.4 Å². The molecule has 19 heavy (non-hydrogen) atoms. The van der Waals surface area contributed by atoms with Crippen molar-refractivity contribution in [1.82, 2.24) is 0 Å². The molecule has 0 aromatic heterocycles. The van der Waals surface area contributed by atoms with Crippen LogP contribution >= 0.6 is 0 Å². The van der Waals surface area contributed by atoms with E-state index in [1.165, 1.54) is 0 Å². The molecule has 2 rings (SSSR count). The molecule has 5 nitrogen and oxygen atoms in total. The van der Waals surface area contributed by atoms with Crippen LogP contribution in [-0.2, 0) is 9.59 Å². The van der Waals surface area contributed by atoms with Crippen LogP contribution in [0.25, 0.3) is 5.57 Å². The monoisotopic (exact) mass is 255 g/mol. The standard InChI is InChI=1S/C14H13N3O2/c1-8(2)17-11-6-4-3-5-9(11)12(14(17)19)10(7-15)13(16)18/h3-6,8H,1-2H3,(H2,16,18)/b12-10+.